The topological polar surface area (TPSA) is 75.7 Å². The molecule has 3 rings (SSSR count). The predicted molar refractivity (Wildman–Crippen MR) is 106 cm³/mol. The van der Waals surface area contributed by atoms with Crippen LogP contribution in [0.25, 0.3) is 6.08 Å². The molecule has 0 radical (unpaired) electrons. The van der Waals surface area contributed by atoms with Crippen molar-refractivity contribution >= 4 is 52.2 Å². The number of imide groups is 1. The molecule has 1 saturated heterocycles. The van der Waals surface area contributed by atoms with Crippen LogP contribution >= 0.6 is 23.4 Å². The van der Waals surface area contributed by atoms with E-state index in [2.05, 4.69) is 5.32 Å². The lowest BCUT2D eigenvalue weighted by molar-refractivity contribution is -0.127. The number of amides is 3. The van der Waals surface area contributed by atoms with E-state index in [-0.39, 0.29) is 11.4 Å². The first-order valence-corrected chi connectivity index (χ1v) is 9.10. The van der Waals surface area contributed by atoms with E-state index in [1.165, 1.54) is 7.11 Å². The lowest BCUT2D eigenvalue weighted by Crippen LogP contribution is -2.36. The van der Waals surface area contributed by atoms with E-state index in [1.54, 1.807) is 54.6 Å². The minimum atomic E-state index is -0.499. The molecule has 0 saturated carbocycles. The molecule has 3 amide bonds. The van der Waals surface area contributed by atoms with E-state index < -0.39 is 17.1 Å². The molecule has 1 aliphatic rings. The van der Waals surface area contributed by atoms with Crippen molar-refractivity contribution in [2.75, 3.05) is 19.0 Å². The Bertz CT molecular complexity index is 928. The van der Waals surface area contributed by atoms with Gasteiger partial charge in [0.25, 0.3) is 11.1 Å². The Morgan fingerprint density at radius 3 is 2.67 bits per heavy atom. The largest absolute Gasteiger partial charge is 0.497 e. The van der Waals surface area contributed by atoms with E-state index in [9.17, 15) is 14.4 Å². The maximum Gasteiger partial charge on any atom is 0.294 e. The van der Waals surface area contributed by atoms with Crippen LogP contribution in [-0.2, 0) is 9.59 Å². The smallest absolute Gasteiger partial charge is 0.294 e. The van der Waals surface area contributed by atoms with Gasteiger partial charge in [0, 0.05) is 16.8 Å². The third kappa shape index (κ3) is 4.69. The van der Waals surface area contributed by atoms with E-state index in [0.717, 1.165) is 22.2 Å². The van der Waals surface area contributed by atoms with Gasteiger partial charge in [-0.1, -0.05) is 29.8 Å². The van der Waals surface area contributed by atoms with Gasteiger partial charge in [0.2, 0.25) is 5.91 Å². The number of rotatable bonds is 5. The zero-order valence-corrected chi connectivity index (χ0v) is 15.8. The Hall–Kier alpha value is -2.77. The molecule has 0 bridgehead atoms. The molecule has 27 heavy (non-hydrogen) atoms. The summed E-state index contributed by atoms with van der Waals surface area (Å²) in [5.74, 6) is -0.385. The van der Waals surface area contributed by atoms with Crippen molar-refractivity contribution < 1.29 is 19.1 Å². The maximum absolute atomic E-state index is 12.5. The van der Waals surface area contributed by atoms with Crippen molar-refractivity contribution in [2.24, 2.45) is 0 Å². The third-order valence-corrected chi connectivity index (χ3v) is 4.86. The van der Waals surface area contributed by atoms with Crippen LogP contribution in [0.4, 0.5) is 10.5 Å². The highest BCUT2D eigenvalue weighted by Gasteiger charge is 2.36. The predicted octanol–water partition coefficient (Wildman–Crippen LogP) is 4.02. The van der Waals surface area contributed by atoms with E-state index in [0.29, 0.717) is 16.5 Å². The fourth-order valence-corrected chi connectivity index (χ4v) is 3.36. The van der Waals surface area contributed by atoms with Crippen LogP contribution in [0.5, 0.6) is 5.75 Å². The van der Waals surface area contributed by atoms with Crippen molar-refractivity contribution in [1.29, 1.82) is 0 Å². The van der Waals surface area contributed by atoms with Gasteiger partial charge < -0.3 is 10.1 Å². The normalized spacial score (nSPS) is 15.3. The van der Waals surface area contributed by atoms with Gasteiger partial charge in [-0.2, -0.15) is 0 Å². The van der Waals surface area contributed by atoms with E-state index in [1.807, 2.05) is 0 Å². The molecule has 1 N–H and O–H groups in total. The van der Waals surface area contributed by atoms with Crippen molar-refractivity contribution in [3.8, 4) is 5.75 Å². The second kappa shape index (κ2) is 8.28. The van der Waals surface area contributed by atoms with Crippen molar-refractivity contribution in [2.45, 2.75) is 0 Å². The molecule has 6 nitrogen and oxygen atoms in total. The molecule has 1 heterocycles. The van der Waals surface area contributed by atoms with Crippen LogP contribution < -0.4 is 10.1 Å². The molecule has 0 aliphatic carbocycles. The second-order valence-corrected chi connectivity index (χ2v) is 7.03. The number of benzene rings is 2. The first kappa shape index (κ1) is 19.0. The van der Waals surface area contributed by atoms with Gasteiger partial charge in [-0.25, -0.2) is 0 Å². The summed E-state index contributed by atoms with van der Waals surface area (Å²) >= 11 is 6.64. The molecule has 0 aromatic heterocycles. The zero-order chi connectivity index (χ0) is 19.4. The highest BCUT2D eigenvalue weighted by Crippen LogP contribution is 2.32. The Balaban J connectivity index is 1.68. The summed E-state index contributed by atoms with van der Waals surface area (Å²) in [6, 6.07) is 13.7. The standard InChI is InChI=1S/C19H15ClN2O4S/c1-26-15-4-2-3-14(10-15)21-17(23)11-22-18(24)16(27-19(22)25)9-12-5-7-13(20)8-6-12/h2-10H,11H2,1H3,(H,21,23)/b16-9-. The maximum atomic E-state index is 12.5. The Morgan fingerprint density at radius 2 is 1.96 bits per heavy atom. The number of carbonyl (C=O) groups excluding carboxylic acids is 3. The Kier molecular flexibility index (Phi) is 5.83. The molecular weight excluding hydrogens is 388 g/mol. The van der Waals surface area contributed by atoms with Crippen LogP contribution in [-0.4, -0.2) is 35.6 Å². The summed E-state index contributed by atoms with van der Waals surface area (Å²) in [6.45, 7) is -0.361. The average molecular weight is 403 g/mol. The molecule has 2 aromatic carbocycles. The minimum absolute atomic E-state index is 0.261. The highest BCUT2D eigenvalue weighted by atomic mass is 35.5. The van der Waals surface area contributed by atoms with E-state index in [4.69, 9.17) is 16.3 Å². The lowest BCUT2D eigenvalue weighted by atomic mass is 10.2. The monoisotopic (exact) mass is 402 g/mol. The molecule has 0 unspecified atom stereocenters. The van der Waals surface area contributed by atoms with Gasteiger partial charge in [0.05, 0.1) is 12.0 Å². The van der Waals surface area contributed by atoms with Gasteiger partial charge >= 0.3 is 0 Å². The molecule has 8 heteroatoms. The number of hydrogen-bond donors (Lipinski definition) is 1. The van der Waals surface area contributed by atoms with E-state index >= 15 is 0 Å². The first-order chi connectivity index (χ1) is 13.0. The number of anilines is 1. The van der Waals surface area contributed by atoms with Crippen LogP contribution in [0.2, 0.25) is 5.02 Å². The van der Waals surface area contributed by atoms with Crippen LogP contribution in [0.15, 0.2) is 53.4 Å². The number of carbonyl (C=O) groups is 3. The molecule has 1 fully saturated rings. The van der Waals surface area contributed by atoms with Crippen LogP contribution in [0.1, 0.15) is 5.56 Å². The van der Waals surface area contributed by atoms with Crippen molar-refractivity contribution in [1.82, 2.24) is 4.90 Å². The lowest BCUT2D eigenvalue weighted by Gasteiger charge is -2.12. The fourth-order valence-electron chi connectivity index (χ4n) is 2.39. The Morgan fingerprint density at radius 1 is 1.22 bits per heavy atom. The molecular formula is C19H15ClN2O4S. The number of nitrogens with one attached hydrogen (secondary N) is 1. The molecule has 2 aromatic rings. The van der Waals surface area contributed by atoms with Gasteiger partial charge in [-0.15, -0.1) is 0 Å². The molecule has 138 valence electrons. The molecule has 0 spiro atoms. The average Bonchev–Trinajstić information content (AvgIpc) is 2.91. The summed E-state index contributed by atoms with van der Waals surface area (Å²) in [5.41, 5.74) is 1.26. The second-order valence-electron chi connectivity index (χ2n) is 5.60. The summed E-state index contributed by atoms with van der Waals surface area (Å²) in [6.07, 6.45) is 1.60. The molecule has 1 aliphatic heterocycles. The highest BCUT2D eigenvalue weighted by molar-refractivity contribution is 8.18. The number of hydrogen-bond acceptors (Lipinski definition) is 5. The first-order valence-electron chi connectivity index (χ1n) is 7.91. The summed E-state index contributed by atoms with van der Waals surface area (Å²) in [4.78, 5) is 38.0. The van der Waals surface area contributed by atoms with Gasteiger partial charge in [-0.05, 0) is 47.7 Å². The number of thioether (sulfide) groups is 1. The van der Waals surface area contributed by atoms with Gasteiger partial charge in [-0.3, -0.25) is 19.3 Å². The fraction of sp³-hybridized carbons (Fsp3) is 0.105. The number of methoxy groups -OCH3 is 1. The quantitative estimate of drug-likeness (QED) is 0.764. The van der Waals surface area contributed by atoms with Crippen LogP contribution in [0, 0.1) is 0 Å². The minimum Gasteiger partial charge on any atom is -0.497 e. The van der Waals surface area contributed by atoms with Gasteiger partial charge in [0.1, 0.15) is 12.3 Å². The van der Waals surface area contributed by atoms with Crippen LogP contribution in [0.3, 0.4) is 0 Å². The zero-order valence-electron chi connectivity index (χ0n) is 14.3. The molecule has 0 atom stereocenters. The van der Waals surface area contributed by atoms with Crippen molar-refractivity contribution in [3.63, 3.8) is 0 Å². The van der Waals surface area contributed by atoms with Crippen molar-refractivity contribution in [3.05, 3.63) is 64.0 Å². The SMILES string of the molecule is COc1cccc(NC(=O)CN2C(=O)S/C(=C\c3ccc(Cl)cc3)C2=O)c1. The summed E-state index contributed by atoms with van der Waals surface area (Å²) < 4.78 is 5.09. The number of ether oxygens (including phenoxy) is 1. The third-order valence-electron chi connectivity index (χ3n) is 3.70. The Labute approximate surface area is 165 Å². The summed E-state index contributed by atoms with van der Waals surface area (Å²) in [7, 11) is 1.52. The summed E-state index contributed by atoms with van der Waals surface area (Å²) in [5, 5.41) is 2.74. The number of halogens is 1. The van der Waals surface area contributed by atoms with Gasteiger partial charge in [0.15, 0.2) is 0 Å². The number of nitrogens with zero attached hydrogens (tertiary/aromatic N) is 1.